The Morgan fingerprint density at radius 1 is 0.609 bits per heavy atom. The molecule has 0 spiro atoms. The van der Waals surface area contributed by atoms with Gasteiger partial charge < -0.3 is 9.47 Å². The molecule has 0 amide bonds. The van der Waals surface area contributed by atoms with Crippen molar-refractivity contribution in [2.75, 3.05) is 14.2 Å². The summed E-state index contributed by atoms with van der Waals surface area (Å²) in [5.74, 6) is -15.4. The summed E-state index contributed by atoms with van der Waals surface area (Å²) in [6.07, 6.45) is -6.45. The predicted octanol–water partition coefficient (Wildman–Crippen LogP) is 7.03. The van der Waals surface area contributed by atoms with Gasteiger partial charge in [0.2, 0.25) is 0 Å². The van der Waals surface area contributed by atoms with Crippen molar-refractivity contribution in [3.63, 3.8) is 0 Å². The second-order valence-corrected chi connectivity index (χ2v) is 13.1. The van der Waals surface area contributed by atoms with Gasteiger partial charge in [-0.2, -0.15) is 30.7 Å². The highest BCUT2D eigenvalue weighted by Crippen LogP contribution is 2.55. The molecule has 0 aromatic heterocycles. The fourth-order valence-electron chi connectivity index (χ4n) is 5.04. The number of carbonyl (C=O) groups excluding carboxylic acids is 2. The smallest absolute Gasteiger partial charge is 0.460 e. The third-order valence-electron chi connectivity index (χ3n) is 7.15. The zero-order valence-corrected chi connectivity index (χ0v) is 25.2. The quantitative estimate of drug-likeness (QED) is 0.110. The van der Waals surface area contributed by atoms with Crippen LogP contribution >= 0.6 is 6.89 Å². The fourth-order valence-corrected chi connectivity index (χ4v) is 9.50. The maximum Gasteiger partial charge on any atom is 0.460 e. The van der Waals surface area contributed by atoms with Crippen molar-refractivity contribution < 1.29 is 49.8 Å². The Hall–Kier alpha value is -4.63. The normalized spacial score (nSPS) is 12.8. The Kier molecular flexibility index (Phi) is 9.97. The molecule has 0 bridgehead atoms. The average molecular weight is 663 g/mol. The van der Waals surface area contributed by atoms with Crippen molar-refractivity contribution in [3.8, 4) is 0 Å². The number of benzene rings is 4. The van der Waals surface area contributed by atoms with Crippen LogP contribution in [0.4, 0.5) is 30.7 Å². The maximum atomic E-state index is 16.4. The van der Waals surface area contributed by atoms with Gasteiger partial charge in [0, 0.05) is 5.57 Å². The number of rotatable bonds is 9. The van der Waals surface area contributed by atoms with Crippen molar-refractivity contribution in [1.29, 1.82) is 0 Å². The summed E-state index contributed by atoms with van der Waals surface area (Å²) in [5.41, 5.74) is -2.92. The topological polar surface area (TPSA) is 52.6 Å². The van der Waals surface area contributed by atoms with Crippen molar-refractivity contribution in [2.45, 2.75) is 18.0 Å². The van der Waals surface area contributed by atoms with Crippen LogP contribution in [-0.4, -0.2) is 49.5 Å². The summed E-state index contributed by atoms with van der Waals surface area (Å²) < 4.78 is 114. The van der Waals surface area contributed by atoms with Gasteiger partial charge in [0.05, 0.1) is 25.1 Å². The van der Waals surface area contributed by atoms with Gasteiger partial charge in [-0.25, -0.2) is 9.59 Å². The van der Waals surface area contributed by atoms with E-state index in [4.69, 9.17) is 9.47 Å². The lowest BCUT2D eigenvalue weighted by molar-refractivity contribution is -0.343. The van der Waals surface area contributed by atoms with Gasteiger partial charge in [0.1, 0.15) is 0 Å². The molecule has 4 rings (SSSR count). The molecule has 240 valence electrons. The first-order chi connectivity index (χ1) is 21.7. The van der Waals surface area contributed by atoms with Crippen molar-refractivity contribution in [2.24, 2.45) is 0 Å². The molecule has 12 heteroatoms. The molecule has 0 atom stereocenters. The molecular formula is C34H26F7O4P. The molecule has 0 heterocycles. The van der Waals surface area contributed by atoms with Crippen molar-refractivity contribution >= 4 is 46.1 Å². The zero-order chi connectivity index (χ0) is 33.8. The molecule has 0 aliphatic carbocycles. The van der Waals surface area contributed by atoms with Crippen molar-refractivity contribution in [1.82, 2.24) is 0 Å². The second kappa shape index (κ2) is 13.4. The highest BCUT2D eigenvalue weighted by atomic mass is 31.2. The monoisotopic (exact) mass is 662 g/mol. The molecule has 0 unspecified atom stereocenters. The lowest BCUT2D eigenvalue weighted by atomic mass is 9.94. The summed E-state index contributed by atoms with van der Waals surface area (Å²) in [4.78, 5) is 26.6. The number of methoxy groups -OCH3 is 2. The van der Waals surface area contributed by atoms with Crippen LogP contribution < -0.4 is 15.9 Å². The van der Waals surface area contributed by atoms with Crippen LogP contribution in [0, 0.1) is 0 Å². The number of hydrogen-bond donors (Lipinski definition) is 0. The Morgan fingerprint density at radius 3 is 1.41 bits per heavy atom. The SMILES string of the molecule is COC(=O)C(/C(=C/c1ccccc1C(=O)OC)C(F)(F)C(F)(F)C(F)(F)F)=P(c1ccccc1)(c1ccccc1)c1ccccc1. The third-order valence-corrected chi connectivity index (χ3v) is 11.5. The molecule has 4 aromatic carbocycles. The Bertz CT molecular complexity index is 1680. The van der Waals surface area contributed by atoms with Gasteiger partial charge >= 0.3 is 30.0 Å². The number of carbonyl (C=O) groups is 2. The van der Waals surface area contributed by atoms with Gasteiger partial charge in [-0.15, -0.1) is 0 Å². The van der Waals surface area contributed by atoms with Crippen LogP contribution in [0.2, 0.25) is 0 Å². The molecule has 4 aromatic rings. The Morgan fingerprint density at radius 2 is 1.02 bits per heavy atom. The first-order valence-electron chi connectivity index (χ1n) is 13.5. The van der Waals surface area contributed by atoms with E-state index in [0.717, 1.165) is 26.4 Å². The average Bonchev–Trinajstić information content (AvgIpc) is 3.06. The van der Waals surface area contributed by atoms with Gasteiger partial charge in [-0.05, 0) is 40.5 Å². The Labute approximate surface area is 260 Å². The van der Waals surface area contributed by atoms with E-state index in [1.54, 1.807) is 18.2 Å². The van der Waals surface area contributed by atoms with Crippen molar-refractivity contribution in [3.05, 3.63) is 132 Å². The highest BCUT2D eigenvalue weighted by Gasteiger charge is 2.75. The summed E-state index contributed by atoms with van der Waals surface area (Å²) in [6, 6.07) is 27.4. The van der Waals surface area contributed by atoms with E-state index in [-0.39, 0.29) is 15.9 Å². The first-order valence-corrected chi connectivity index (χ1v) is 15.3. The molecule has 0 radical (unpaired) electrons. The van der Waals surface area contributed by atoms with Crippen LogP contribution in [0.3, 0.4) is 0 Å². The summed E-state index contributed by atoms with van der Waals surface area (Å²) in [6.45, 7) is -4.12. The molecule has 46 heavy (non-hydrogen) atoms. The van der Waals surface area contributed by atoms with Gasteiger partial charge in [0.25, 0.3) is 0 Å². The molecule has 0 saturated carbocycles. The van der Waals surface area contributed by atoms with E-state index in [9.17, 15) is 22.8 Å². The van der Waals surface area contributed by atoms with E-state index >= 15 is 17.6 Å². The maximum absolute atomic E-state index is 16.4. The van der Waals surface area contributed by atoms with Gasteiger partial charge in [-0.3, -0.25) is 0 Å². The van der Waals surface area contributed by atoms with Gasteiger partial charge in [-0.1, -0.05) is 109 Å². The van der Waals surface area contributed by atoms with Crippen LogP contribution in [0.25, 0.3) is 6.08 Å². The minimum Gasteiger partial charge on any atom is -0.465 e. The van der Waals surface area contributed by atoms with Crippen LogP contribution in [0.1, 0.15) is 15.9 Å². The minimum atomic E-state index is -6.76. The first kappa shape index (κ1) is 34.2. The molecule has 0 fully saturated rings. The number of halogens is 7. The van der Waals surface area contributed by atoms with E-state index in [1.807, 2.05) is 0 Å². The standard InChI is InChI=1S/C34H26F7O4P/c1-44-30(42)27-21-13-12-14-23(27)22-28(32(35,36)33(37,38)34(39,40)41)29(31(43)45-2)46(24-15-6-3-7-16-24,25-17-8-4-9-18-25)26-19-10-5-11-20-26/h3-22H,1-2H3/b28-22-. The highest BCUT2D eigenvalue weighted by molar-refractivity contribution is 7.96. The Balaban J connectivity index is 2.43. The van der Waals surface area contributed by atoms with E-state index in [0.29, 0.717) is 6.08 Å². The van der Waals surface area contributed by atoms with E-state index in [1.165, 1.54) is 84.9 Å². The molecular weight excluding hydrogens is 636 g/mol. The molecule has 0 saturated heterocycles. The van der Waals surface area contributed by atoms with Gasteiger partial charge in [0.15, 0.2) is 0 Å². The lowest BCUT2D eigenvalue weighted by Crippen LogP contribution is -2.55. The number of ether oxygens (including phenoxy) is 2. The summed E-state index contributed by atoms with van der Waals surface area (Å²) >= 11 is 0. The second-order valence-electron chi connectivity index (χ2n) is 9.80. The number of alkyl halides is 7. The number of esters is 2. The largest absolute Gasteiger partial charge is 0.465 e. The molecule has 4 nitrogen and oxygen atoms in total. The van der Waals surface area contributed by atoms with Crippen LogP contribution in [0.5, 0.6) is 0 Å². The predicted molar refractivity (Wildman–Crippen MR) is 164 cm³/mol. The summed E-state index contributed by atoms with van der Waals surface area (Å²) in [7, 11) is 1.77. The van der Waals surface area contributed by atoms with E-state index < -0.39 is 58.8 Å². The molecule has 0 aliphatic rings. The molecule has 0 aliphatic heterocycles. The molecule has 0 N–H and O–H groups in total. The van der Waals surface area contributed by atoms with Crippen LogP contribution in [0.15, 0.2) is 121 Å². The minimum absolute atomic E-state index is 0.172. The third kappa shape index (κ3) is 5.99. The lowest BCUT2D eigenvalue weighted by Gasteiger charge is -2.36. The number of hydrogen-bond acceptors (Lipinski definition) is 4. The van der Waals surface area contributed by atoms with E-state index in [2.05, 4.69) is 0 Å². The summed E-state index contributed by atoms with van der Waals surface area (Å²) in [5, 5.41) is -0.615. The fraction of sp³-hybridized carbons (Fsp3) is 0.147. The van der Waals surface area contributed by atoms with Crippen LogP contribution in [-0.2, 0) is 14.3 Å². The zero-order valence-electron chi connectivity index (χ0n) is 24.3.